The highest BCUT2D eigenvalue weighted by Gasteiger charge is 2.33. The molecule has 150 valence electrons. The van der Waals surface area contributed by atoms with E-state index in [-0.39, 0.29) is 16.8 Å². The zero-order valence-corrected chi connectivity index (χ0v) is 17.0. The summed E-state index contributed by atoms with van der Waals surface area (Å²) in [5, 5.41) is 3.14. The second-order valence-corrected chi connectivity index (χ2v) is 10.5. The summed E-state index contributed by atoms with van der Waals surface area (Å²) in [5.41, 5.74) is 1.46. The van der Waals surface area contributed by atoms with Crippen LogP contribution in [0, 0.1) is 5.82 Å². The second-order valence-electron chi connectivity index (χ2n) is 7.87. The van der Waals surface area contributed by atoms with Crippen molar-refractivity contribution in [2.45, 2.75) is 49.6 Å². The maximum Gasteiger partial charge on any atom is 0.245 e. The topological polar surface area (TPSA) is 79.4 Å². The highest BCUT2D eigenvalue weighted by Crippen LogP contribution is 2.25. The Bertz CT molecular complexity index is 952. The summed E-state index contributed by atoms with van der Waals surface area (Å²) >= 11 is 0. The van der Waals surface area contributed by atoms with Gasteiger partial charge in [0, 0.05) is 13.1 Å². The van der Waals surface area contributed by atoms with Gasteiger partial charge in [-0.3, -0.25) is 4.79 Å². The van der Waals surface area contributed by atoms with Crippen LogP contribution in [-0.2, 0) is 21.2 Å². The maximum absolute atomic E-state index is 13.0. The number of aromatic nitrogens is 1. The summed E-state index contributed by atoms with van der Waals surface area (Å²) in [6.07, 6.45) is 2.07. The number of hydrogen-bond donors (Lipinski definition) is 1. The predicted molar refractivity (Wildman–Crippen MR) is 105 cm³/mol. The molecule has 1 unspecified atom stereocenters. The van der Waals surface area contributed by atoms with Gasteiger partial charge in [0.05, 0.1) is 16.6 Å². The average molecular weight is 405 g/mol. The van der Waals surface area contributed by atoms with E-state index in [9.17, 15) is 17.6 Å². The van der Waals surface area contributed by atoms with Crippen molar-refractivity contribution in [3.63, 3.8) is 0 Å². The Labute approximate surface area is 164 Å². The highest BCUT2D eigenvalue weighted by molar-refractivity contribution is 7.92. The number of carbonyl (C=O) groups is 1. The van der Waals surface area contributed by atoms with Crippen molar-refractivity contribution in [3.05, 3.63) is 54.0 Å². The normalized spacial score (nSPS) is 17.8. The SMILES string of the molecule is CC(C)(C)S(=O)(=O)c1ccc(NC2CCN(Cc3ccc(F)cc3)C2=O)cn1. The molecule has 0 aliphatic carbocycles. The van der Waals surface area contributed by atoms with Gasteiger partial charge in [-0.05, 0) is 57.0 Å². The molecule has 0 bridgehead atoms. The molecule has 1 N–H and O–H groups in total. The third-order valence-electron chi connectivity index (χ3n) is 4.74. The van der Waals surface area contributed by atoms with Crippen molar-refractivity contribution >= 4 is 21.4 Å². The van der Waals surface area contributed by atoms with E-state index in [2.05, 4.69) is 10.3 Å². The third-order valence-corrected chi connectivity index (χ3v) is 7.15. The molecule has 2 heterocycles. The van der Waals surface area contributed by atoms with Gasteiger partial charge in [0.15, 0.2) is 14.9 Å². The predicted octanol–water partition coefficient (Wildman–Crippen LogP) is 3.01. The van der Waals surface area contributed by atoms with Gasteiger partial charge >= 0.3 is 0 Å². The Hall–Kier alpha value is -2.48. The molecule has 28 heavy (non-hydrogen) atoms. The van der Waals surface area contributed by atoms with Crippen LogP contribution in [0.25, 0.3) is 0 Å². The van der Waals surface area contributed by atoms with Crippen molar-refractivity contribution in [1.82, 2.24) is 9.88 Å². The number of hydrogen-bond acceptors (Lipinski definition) is 5. The molecule has 1 aliphatic heterocycles. The van der Waals surface area contributed by atoms with E-state index in [0.29, 0.717) is 25.2 Å². The molecule has 8 heteroatoms. The number of sulfone groups is 1. The van der Waals surface area contributed by atoms with Crippen LogP contribution < -0.4 is 5.32 Å². The van der Waals surface area contributed by atoms with E-state index in [1.807, 2.05) is 0 Å². The minimum atomic E-state index is -3.52. The van der Waals surface area contributed by atoms with Crippen molar-refractivity contribution in [1.29, 1.82) is 0 Å². The number of halogens is 1. The first-order valence-corrected chi connectivity index (χ1v) is 10.6. The number of likely N-dealkylation sites (tertiary alicyclic amines) is 1. The molecular weight excluding hydrogens is 381 g/mol. The van der Waals surface area contributed by atoms with Gasteiger partial charge in [-0.1, -0.05) is 12.1 Å². The summed E-state index contributed by atoms with van der Waals surface area (Å²) in [4.78, 5) is 18.4. The summed E-state index contributed by atoms with van der Waals surface area (Å²) < 4.78 is 36.9. The molecule has 3 rings (SSSR count). The lowest BCUT2D eigenvalue weighted by molar-refractivity contribution is -0.128. The number of anilines is 1. The number of rotatable bonds is 5. The first-order chi connectivity index (χ1) is 13.1. The van der Waals surface area contributed by atoms with Gasteiger partial charge in [0.2, 0.25) is 5.91 Å². The van der Waals surface area contributed by atoms with Crippen LogP contribution in [0.3, 0.4) is 0 Å². The molecule has 1 aliphatic rings. The van der Waals surface area contributed by atoms with Crippen LogP contribution in [0.15, 0.2) is 47.6 Å². The molecule has 0 spiro atoms. The van der Waals surface area contributed by atoms with Gasteiger partial charge in [0.1, 0.15) is 11.9 Å². The van der Waals surface area contributed by atoms with Crippen molar-refractivity contribution in [3.8, 4) is 0 Å². The molecular formula is C20H24FN3O3S. The molecule has 1 saturated heterocycles. The number of carbonyl (C=O) groups excluding carboxylic acids is 1. The Morgan fingerprint density at radius 3 is 2.43 bits per heavy atom. The van der Waals surface area contributed by atoms with Crippen molar-refractivity contribution in [2.24, 2.45) is 0 Å². The van der Waals surface area contributed by atoms with E-state index in [4.69, 9.17) is 0 Å². The second kappa shape index (κ2) is 7.50. The lowest BCUT2D eigenvalue weighted by Gasteiger charge is -2.19. The van der Waals surface area contributed by atoms with Crippen LogP contribution in [0.4, 0.5) is 10.1 Å². The van der Waals surface area contributed by atoms with Crippen LogP contribution in [0.1, 0.15) is 32.8 Å². The van der Waals surface area contributed by atoms with E-state index < -0.39 is 20.6 Å². The number of benzene rings is 1. The van der Waals surface area contributed by atoms with E-state index in [1.54, 1.807) is 43.9 Å². The molecule has 6 nitrogen and oxygen atoms in total. The first-order valence-electron chi connectivity index (χ1n) is 9.08. The molecule has 1 aromatic heterocycles. The smallest absolute Gasteiger partial charge is 0.245 e. The van der Waals surface area contributed by atoms with Gasteiger partial charge in [0.25, 0.3) is 0 Å². The Morgan fingerprint density at radius 2 is 1.86 bits per heavy atom. The monoisotopic (exact) mass is 405 g/mol. The number of amides is 1. The third kappa shape index (κ3) is 4.16. The molecule has 1 atom stereocenters. The van der Waals surface area contributed by atoms with E-state index in [1.165, 1.54) is 24.4 Å². The zero-order valence-electron chi connectivity index (χ0n) is 16.1. The minimum absolute atomic E-state index is 0.0150. The van der Waals surface area contributed by atoms with Gasteiger partial charge in [-0.25, -0.2) is 17.8 Å². The van der Waals surface area contributed by atoms with Crippen molar-refractivity contribution < 1.29 is 17.6 Å². The lowest BCUT2D eigenvalue weighted by Crippen LogP contribution is -2.33. The fraction of sp³-hybridized carbons (Fsp3) is 0.400. The standard InChI is InChI=1S/C20H24FN3O3S/c1-20(2,3)28(26,27)18-9-8-16(12-22-18)23-17-10-11-24(19(17)25)13-14-4-6-15(21)7-5-14/h4-9,12,17,23H,10-11,13H2,1-3H3. The Kier molecular flexibility index (Phi) is 5.43. The fourth-order valence-corrected chi connectivity index (χ4v) is 4.05. The Morgan fingerprint density at radius 1 is 1.18 bits per heavy atom. The quantitative estimate of drug-likeness (QED) is 0.827. The van der Waals surface area contributed by atoms with Crippen LogP contribution in [0.5, 0.6) is 0 Å². The van der Waals surface area contributed by atoms with E-state index >= 15 is 0 Å². The largest absolute Gasteiger partial charge is 0.372 e. The van der Waals surface area contributed by atoms with Gasteiger partial charge in [-0.15, -0.1) is 0 Å². The molecule has 1 fully saturated rings. The van der Waals surface area contributed by atoms with Crippen LogP contribution in [0.2, 0.25) is 0 Å². The lowest BCUT2D eigenvalue weighted by atomic mass is 10.2. The molecule has 1 amide bonds. The summed E-state index contributed by atoms with van der Waals surface area (Å²) in [7, 11) is -3.52. The van der Waals surface area contributed by atoms with Crippen LogP contribution >= 0.6 is 0 Å². The van der Waals surface area contributed by atoms with Gasteiger partial charge in [-0.2, -0.15) is 0 Å². The maximum atomic E-state index is 13.0. The van der Waals surface area contributed by atoms with E-state index in [0.717, 1.165) is 5.56 Å². The van der Waals surface area contributed by atoms with Crippen LogP contribution in [-0.4, -0.2) is 41.5 Å². The minimum Gasteiger partial charge on any atom is -0.372 e. The van der Waals surface area contributed by atoms with Gasteiger partial charge < -0.3 is 10.2 Å². The molecule has 2 aromatic rings. The first kappa shape index (κ1) is 20.3. The number of nitrogens with one attached hydrogen (secondary N) is 1. The Balaban J connectivity index is 1.64. The molecule has 1 aromatic carbocycles. The zero-order chi connectivity index (χ0) is 20.5. The molecule has 0 radical (unpaired) electrons. The fourth-order valence-electron chi connectivity index (χ4n) is 2.98. The average Bonchev–Trinajstić information content (AvgIpc) is 2.96. The molecule has 0 saturated carbocycles. The number of nitrogens with zero attached hydrogens (tertiary/aromatic N) is 2. The highest BCUT2D eigenvalue weighted by atomic mass is 32.2. The van der Waals surface area contributed by atoms with Crippen molar-refractivity contribution in [2.75, 3.05) is 11.9 Å². The summed E-state index contributed by atoms with van der Waals surface area (Å²) in [5.74, 6) is -0.351. The summed E-state index contributed by atoms with van der Waals surface area (Å²) in [6, 6.07) is 8.78. The number of pyridine rings is 1. The summed E-state index contributed by atoms with van der Waals surface area (Å²) in [6.45, 7) is 5.91.